The lowest BCUT2D eigenvalue weighted by Gasteiger charge is -2.40. The third kappa shape index (κ3) is 2.60. The van der Waals surface area contributed by atoms with E-state index in [0.717, 1.165) is 37.8 Å². The lowest BCUT2D eigenvalue weighted by atomic mass is 9.74. The van der Waals surface area contributed by atoms with E-state index in [-0.39, 0.29) is 5.41 Å². The summed E-state index contributed by atoms with van der Waals surface area (Å²) in [6, 6.07) is 8.28. The minimum atomic E-state index is -0.337. The first-order valence-corrected chi connectivity index (χ1v) is 6.92. The van der Waals surface area contributed by atoms with Crippen LogP contribution in [0.1, 0.15) is 32.3 Å². The molecule has 1 fully saturated rings. The van der Waals surface area contributed by atoms with E-state index in [1.54, 1.807) is 0 Å². The molecule has 0 bridgehead atoms. The maximum absolute atomic E-state index is 11.6. The van der Waals surface area contributed by atoms with E-state index in [1.807, 2.05) is 24.3 Å². The third-order valence-corrected chi connectivity index (χ3v) is 4.28. The van der Waals surface area contributed by atoms with Gasteiger partial charge in [0.25, 0.3) is 0 Å². The number of aldehydes is 1. The second-order valence-electron chi connectivity index (χ2n) is 5.41. The molecule has 0 radical (unpaired) electrons. The molecule has 0 spiro atoms. The molecule has 3 heteroatoms. The Bertz CT molecular complexity index is 422. The van der Waals surface area contributed by atoms with Crippen molar-refractivity contribution in [1.82, 2.24) is 4.90 Å². The fourth-order valence-corrected chi connectivity index (χ4v) is 2.90. The highest BCUT2D eigenvalue weighted by atomic mass is 35.5. The van der Waals surface area contributed by atoms with E-state index in [0.29, 0.717) is 11.1 Å². The Hall–Kier alpha value is -0.860. The second kappa shape index (κ2) is 5.41. The van der Waals surface area contributed by atoms with Gasteiger partial charge >= 0.3 is 0 Å². The predicted octanol–water partition coefficient (Wildman–Crippen LogP) is 3.28. The molecule has 2 rings (SSSR count). The molecule has 0 aromatic heterocycles. The van der Waals surface area contributed by atoms with Crippen molar-refractivity contribution in [2.24, 2.45) is 0 Å². The van der Waals surface area contributed by atoms with Crippen LogP contribution in [0.15, 0.2) is 24.3 Å². The van der Waals surface area contributed by atoms with Gasteiger partial charge in [-0.05, 0) is 57.5 Å². The van der Waals surface area contributed by atoms with E-state index < -0.39 is 0 Å². The van der Waals surface area contributed by atoms with Crippen LogP contribution in [0.5, 0.6) is 0 Å². The molecule has 0 aliphatic carbocycles. The van der Waals surface area contributed by atoms with Crippen LogP contribution in [0.2, 0.25) is 5.02 Å². The zero-order chi connectivity index (χ0) is 13.2. The van der Waals surface area contributed by atoms with Crippen molar-refractivity contribution in [1.29, 1.82) is 0 Å². The summed E-state index contributed by atoms with van der Waals surface area (Å²) in [5.41, 5.74) is 0.726. The van der Waals surface area contributed by atoms with Crippen LogP contribution in [0.4, 0.5) is 0 Å². The summed E-state index contributed by atoms with van der Waals surface area (Å²) in [6.07, 6.45) is 2.89. The van der Waals surface area contributed by atoms with Gasteiger partial charge in [0.15, 0.2) is 0 Å². The number of benzene rings is 1. The van der Waals surface area contributed by atoms with Gasteiger partial charge in [-0.2, -0.15) is 0 Å². The zero-order valence-corrected chi connectivity index (χ0v) is 11.8. The SMILES string of the molecule is CC(C)N1CCC(C=O)(c2cccc(Cl)c2)CC1. The number of likely N-dealkylation sites (tertiary alicyclic amines) is 1. The average molecular weight is 266 g/mol. The fourth-order valence-electron chi connectivity index (χ4n) is 2.71. The lowest BCUT2D eigenvalue weighted by Crippen LogP contribution is -2.46. The zero-order valence-electron chi connectivity index (χ0n) is 11.0. The molecule has 0 atom stereocenters. The molecule has 1 aliphatic heterocycles. The number of hydrogen-bond acceptors (Lipinski definition) is 2. The number of carbonyl (C=O) groups is 1. The smallest absolute Gasteiger partial charge is 0.130 e. The van der Waals surface area contributed by atoms with E-state index in [1.165, 1.54) is 0 Å². The Kier molecular flexibility index (Phi) is 4.08. The fraction of sp³-hybridized carbons (Fsp3) is 0.533. The van der Waals surface area contributed by atoms with Crippen LogP contribution in [0, 0.1) is 0 Å². The Morgan fingerprint density at radius 3 is 2.50 bits per heavy atom. The molecule has 0 unspecified atom stereocenters. The van der Waals surface area contributed by atoms with Crippen molar-refractivity contribution in [2.75, 3.05) is 13.1 Å². The maximum Gasteiger partial charge on any atom is 0.130 e. The molecule has 1 heterocycles. The minimum absolute atomic E-state index is 0.337. The van der Waals surface area contributed by atoms with Crippen LogP contribution in [-0.2, 0) is 10.2 Å². The molecule has 0 amide bonds. The first kappa shape index (κ1) is 13.6. The number of rotatable bonds is 3. The standard InChI is InChI=1S/C15H20ClNO/c1-12(2)17-8-6-15(11-18,7-9-17)13-4-3-5-14(16)10-13/h3-5,10-12H,6-9H2,1-2H3. The van der Waals surface area contributed by atoms with Crippen LogP contribution >= 0.6 is 11.6 Å². The van der Waals surface area contributed by atoms with Gasteiger partial charge in [-0.25, -0.2) is 0 Å². The predicted molar refractivity (Wildman–Crippen MR) is 75.1 cm³/mol. The Labute approximate surface area is 114 Å². The molecule has 1 aromatic rings. The summed E-state index contributed by atoms with van der Waals surface area (Å²) in [5, 5.41) is 0.708. The maximum atomic E-state index is 11.6. The first-order chi connectivity index (χ1) is 8.57. The molecule has 1 aliphatic rings. The van der Waals surface area contributed by atoms with Gasteiger partial charge in [-0.15, -0.1) is 0 Å². The van der Waals surface area contributed by atoms with E-state index in [9.17, 15) is 4.79 Å². The van der Waals surface area contributed by atoms with Crippen molar-refractivity contribution in [3.05, 3.63) is 34.9 Å². The Morgan fingerprint density at radius 1 is 1.33 bits per heavy atom. The molecule has 2 nitrogen and oxygen atoms in total. The summed E-state index contributed by atoms with van der Waals surface area (Å²) in [5.74, 6) is 0. The van der Waals surface area contributed by atoms with Gasteiger partial charge in [-0.1, -0.05) is 23.7 Å². The highest BCUT2D eigenvalue weighted by Gasteiger charge is 2.36. The molecule has 0 saturated carbocycles. The van der Waals surface area contributed by atoms with Gasteiger partial charge in [0.2, 0.25) is 0 Å². The summed E-state index contributed by atoms with van der Waals surface area (Å²) < 4.78 is 0. The molecule has 18 heavy (non-hydrogen) atoms. The summed E-state index contributed by atoms with van der Waals surface area (Å²) >= 11 is 6.04. The van der Waals surface area contributed by atoms with E-state index >= 15 is 0 Å². The highest BCUT2D eigenvalue weighted by Crippen LogP contribution is 2.35. The van der Waals surface area contributed by atoms with Crippen LogP contribution in [0.25, 0.3) is 0 Å². The quantitative estimate of drug-likeness (QED) is 0.782. The monoisotopic (exact) mass is 265 g/mol. The van der Waals surface area contributed by atoms with Crippen molar-refractivity contribution in [2.45, 2.75) is 38.1 Å². The van der Waals surface area contributed by atoms with Crippen molar-refractivity contribution in [3.8, 4) is 0 Å². The van der Waals surface area contributed by atoms with E-state index in [2.05, 4.69) is 18.7 Å². The van der Waals surface area contributed by atoms with Crippen LogP contribution in [0.3, 0.4) is 0 Å². The largest absolute Gasteiger partial charge is 0.302 e. The van der Waals surface area contributed by atoms with Gasteiger partial charge in [-0.3, -0.25) is 0 Å². The topological polar surface area (TPSA) is 20.3 Å². The van der Waals surface area contributed by atoms with Crippen molar-refractivity contribution >= 4 is 17.9 Å². The van der Waals surface area contributed by atoms with Crippen LogP contribution < -0.4 is 0 Å². The van der Waals surface area contributed by atoms with Gasteiger partial charge < -0.3 is 9.69 Å². The Morgan fingerprint density at radius 2 is 2.00 bits per heavy atom. The number of carbonyl (C=O) groups excluding carboxylic acids is 1. The van der Waals surface area contributed by atoms with Gasteiger partial charge in [0, 0.05) is 11.1 Å². The third-order valence-electron chi connectivity index (χ3n) is 4.05. The Balaban J connectivity index is 2.21. The summed E-state index contributed by atoms with van der Waals surface area (Å²) in [7, 11) is 0. The molecule has 1 saturated heterocycles. The molecule has 1 aromatic carbocycles. The molecule has 0 N–H and O–H groups in total. The van der Waals surface area contributed by atoms with Gasteiger partial charge in [0.05, 0.1) is 5.41 Å². The second-order valence-corrected chi connectivity index (χ2v) is 5.85. The normalized spacial score (nSPS) is 20.0. The van der Waals surface area contributed by atoms with Crippen molar-refractivity contribution in [3.63, 3.8) is 0 Å². The van der Waals surface area contributed by atoms with E-state index in [4.69, 9.17) is 11.6 Å². The average Bonchev–Trinajstić information content (AvgIpc) is 2.38. The summed E-state index contributed by atoms with van der Waals surface area (Å²) in [4.78, 5) is 14.0. The minimum Gasteiger partial charge on any atom is -0.302 e. The lowest BCUT2D eigenvalue weighted by molar-refractivity contribution is -0.114. The number of hydrogen-bond donors (Lipinski definition) is 0. The number of nitrogens with zero attached hydrogens (tertiary/aromatic N) is 1. The first-order valence-electron chi connectivity index (χ1n) is 6.54. The number of piperidine rings is 1. The van der Waals surface area contributed by atoms with Crippen LogP contribution in [-0.4, -0.2) is 30.3 Å². The highest BCUT2D eigenvalue weighted by molar-refractivity contribution is 6.30. The summed E-state index contributed by atoms with van der Waals surface area (Å²) in [6.45, 7) is 6.35. The molecule has 98 valence electrons. The molecular formula is C15H20ClNO. The van der Waals surface area contributed by atoms with Crippen molar-refractivity contribution < 1.29 is 4.79 Å². The molecular weight excluding hydrogens is 246 g/mol. The van der Waals surface area contributed by atoms with Gasteiger partial charge in [0.1, 0.15) is 6.29 Å². The number of halogens is 1.